The van der Waals surface area contributed by atoms with Crippen LogP contribution < -0.4 is 4.90 Å². The number of amides is 1. The van der Waals surface area contributed by atoms with E-state index in [9.17, 15) is 9.18 Å². The zero-order valence-corrected chi connectivity index (χ0v) is 17.2. The van der Waals surface area contributed by atoms with E-state index in [0.29, 0.717) is 31.9 Å². The van der Waals surface area contributed by atoms with Crippen molar-refractivity contribution in [3.8, 4) is 0 Å². The third-order valence-corrected chi connectivity index (χ3v) is 6.11. The molecule has 0 aliphatic carbocycles. The van der Waals surface area contributed by atoms with Crippen molar-refractivity contribution in [2.24, 2.45) is 5.92 Å². The minimum absolute atomic E-state index is 0.0660. The van der Waals surface area contributed by atoms with Gasteiger partial charge in [-0.25, -0.2) is 4.39 Å². The second-order valence-corrected chi connectivity index (χ2v) is 8.41. The summed E-state index contributed by atoms with van der Waals surface area (Å²) >= 11 is 0. The zero-order valence-electron chi connectivity index (χ0n) is 17.2. The number of anilines is 1. The van der Waals surface area contributed by atoms with Crippen molar-refractivity contribution < 1.29 is 9.18 Å². The molecule has 0 spiro atoms. The van der Waals surface area contributed by atoms with Gasteiger partial charge in [0.15, 0.2) is 0 Å². The van der Waals surface area contributed by atoms with Gasteiger partial charge in [-0.15, -0.1) is 0 Å². The summed E-state index contributed by atoms with van der Waals surface area (Å²) in [4.78, 5) is 19.3. The van der Waals surface area contributed by atoms with Crippen LogP contribution >= 0.6 is 0 Å². The standard InChI is InChI=1S/C24H30FN3O/c1-19-5-4-12-26(17-19)18-20-8-10-21(11-9-20)24(29)28-15-13-27(14-16-28)23-7-3-2-6-22(23)25/h2-3,6-11,19H,4-5,12-18H2,1H3/t19-/m0/s1. The second-order valence-electron chi connectivity index (χ2n) is 8.41. The molecule has 2 heterocycles. The minimum atomic E-state index is -0.203. The lowest BCUT2D eigenvalue weighted by molar-refractivity contribution is 0.0746. The molecule has 2 aromatic carbocycles. The normalized spacial score (nSPS) is 20.7. The average molecular weight is 396 g/mol. The minimum Gasteiger partial charge on any atom is -0.366 e. The number of piperazine rings is 1. The summed E-state index contributed by atoms with van der Waals surface area (Å²) in [5.41, 5.74) is 2.62. The molecular formula is C24H30FN3O. The number of likely N-dealkylation sites (tertiary alicyclic amines) is 1. The van der Waals surface area contributed by atoms with E-state index in [1.54, 1.807) is 12.1 Å². The van der Waals surface area contributed by atoms with E-state index in [1.165, 1.54) is 24.5 Å². The second kappa shape index (κ2) is 8.95. The lowest BCUT2D eigenvalue weighted by Crippen LogP contribution is -2.49. The van der Waals surface area contributed by atoms with Gasteiger partial charge in [-0.1, -0.05) is 31.2 Å². The SMILES string of the molecule is C[C@H]1CCCN(Cc2ccc(C(=O)N3CCN(c4ccccc4F)CC3)cc2)C1. The maximum atomic E-state index is 14.0. The largest absolute Gasteiger partial charge is 0.366 e. The van der Waals surface area contributed by atoms with Gasteiger partial charge in [-0.05, 0) is 55.1 Å². The number of carbonyl (C=O) groups excluding carboxylic acids is 1. The highest BCUT2D eigenvalue weighted by Crippen LogP contribution is 2.21. The number of hydrogen-bond donors (Lipinski definition) is 0. The molecule has 0 bridgehead atoms. The van der Waals surface area contributed by atoms with Crippen LogP contribution in [0, 0.1) is 11.7 Å². The third kappa shape index (κ3) is 4.78. The van der Waals surface area contributed by atoms with Crippen LogP contribution in [0.15, 0.2) is 48.5 Å². The van der Waals surface area contributed by atoms with E-state index >= 15 is 0 Å². The first-order chi connectivity index (χ1) is 14.1. The molecule has 0 aromatic heterocycles. The molecule has 0 unspecified atom stereocenters. The van der Waals surface area contributed by atoms with Crippen LogP contribution in [-0.4, -0.2) is 55.0 Å². The predicted octanol–water partition coefficient (Wildman–Crippen LogP) is 4.02. The number of hydrogen-bond acceptors (Lipinski definition) is 3. The van der Waals surface area contributed by atoms with Crippen molar-refractivity contribution >= 4 is 11.6 Å². The molecule has 0 N–H and O–H groups in total. The van der Waals surface area contributed by atoms with Gasteiger partial charge < -0.3 is 9.80 Å². The molecule has 0 saturated carbocycles. The molecule has 2 aliphatic rings. The van der Waals surface area contributed by atoms with Gasteiger partial charge in [0.2, 0.25) is 0 Å². The van der Waals surface area contributed by atoms with Gasteiger partial charge in [0.25, 0.3) is 5.91 Å². The van der Waals surface area contributed by atoms with Crippen LogP contribution in [0.3, 0.4) is 0 Å². The average Bonchev–Trinajstić information content (AvgIpc) is 2.74. The Morgan fingerprint density at radius 1 is 1.00 bits per heavy atom. The van der Waals surface area contributed by atoms with Crippen molar-refractivity contribution in [3.63, 3.8) is 0 Å². The van der Waals surface area contributed by atoms with E-state index in [0.717, 1.165) is 31.1 Å². The molecule has 2 fully saturated rings. The number of benzene rings is 2. The molecule has 1 atom stereocenters. The van der Waals surface area contributed by atoms with Gasteiger partial charge in [-0.3, -0.25) is 9.69 Å². The Hall–Kier alpha value is -2.40. The molecule has 1 amide bonds. The molecule has 29 heavy (non-hydrogen) atoms. The maximum absolute atomic E-state index is 14.0. The van der Waals surface area contributed by atoms with Crippen LogP contribution in [0.2, 0.25) is 0 Å². The quantitative estimate of drug-likeness (QED) is 0.782. The van der Waals surface area contributed by atoms with Gasteiger partial charge >= 0.3 is 0 Å². The Morgan fingerprint density at radius 2 is 1.72 bits per heavy atom. The molecule has 2 saturated heterocycles. The highest BCUT2D eigenvalue weighted by Gasteiger charge is 2.23. The Balaban J connectivity index is 1.32. The fraction of sp³-hybridized carbons (Fsp3) is 0.458. The number of para-hydroxylation sites is 1. The topological polar surface area (TPSA) is 26.8 Å². The van der Waals surface area contributed by atoms with Crippen molar-refractivity contribution in [1.82, 2.24) is 9.80 Å². The summed E-state index contributed by atoms with van der Waals surface area (Å²) in [5, 5.41) is 0. The fourth-order valence-electron chi connectivity index (χ4n) is 4.48. The van der Waals surface area contributed by atoms with Crippen LogP contribution in [-0.2, 0) is 6.54 Å². The number of nitrogens with zero attached hydrogens (tertiary/aromatic N) is 3. The van der Waals surface area contributed by atoms with E-state index in [4.69, 9.17) is 0 Å². The highest BCUT2D eigenvalue weighted by molar-refractivity contribution is 5.94. The molecule has 4 rings (SSSR count). The summed E-state index contributed by atoms with van der Waals surface area (Å²) in [6, 6.07) is 14.9. The monoisotopic (exact) mass is 395 g/mol. The number of carbonyl (C=O) groups is 1. The Labute approximate surface area is 172 Å². The maximum Gasteiger partial charge on any atom is 0.253 e. The third-order valence-electron chi connectivity index (χ3n) is 6.11. The molecular weight excluding hydrogens is 365 g/mol. The number of piperidine rings is 1. The Morgan fingerprint density at radius 3 is 2.41 bits per heavy atom. The molecule has 154 valence electrons. The van der Waals surface area contributed by atoms with Crippen LogP contribution in [0.4, 0.5) is 10.1 Å². The van der Waals surface area contributed by atoms with E-state index in [-0.39, 0.29) is 11.7 Å². The zero-order chi connectivity index (χ0) is 20.2. The van der Waals surface area contributed by atoms with Crippen molar-refractivity contribution in [3.05, 3.63) is 65.5 Å². The smallest absolute Gasteiger partial charge is 0.253 e. The lowest BCUT2D eigenvalue weighted by atomic mass is 9.99. The first-order valence-corrected chi connectivity index (χ1v) is 10.7. The summed E-state index contributed by atoms with van der Waals surface area (Å²) in [5.74, 6) is 0.634. The summed E-state index contributed by atoms with van der Waals surface area (Å²) in [6.07, 6.45) is 2.60. The highest BCUT2D eigenvalue weighted by atomic mass is 19.1. The molecule has 4 nitrogen and oxygen atoms in total. The van der Waals surface area contributed by atoms with E-state index in [2.05, 4.69) is 24.0 Å². The van der Waals surface area contributed by atoms with Gasteiger partial charge in [0, 0.05) is 44.8 Å². The first kappa shape index (κ1) is 19.9. The predicted molar refractivity (Wildman–Crippen MR) is 115 cm³/mol. The summed E-state index contributed by atoms with van der Waals surface area (Å²) in [7, 11) is 0. The van der Waals surface area contributed by atoms with E-state index < -0.39 is 0 Å². The Bertz CT molecular complexity index is 830. The number of rotatable bonds is 4. The summed E-state index contributed by atoms with van der Waals surface area (Å²) < 4.78 is 14.0. The first-order valence-electron chi connectivity index (χ1n) is 10.7. The molecule has 2 aliphatic heterocycles. The van der Waals surface area contributed by atoms with E-state index in [1.807, 2.05) is 28.0 Å². The van der Waals surface area contributed by atoms with Crippen molar-refractivity contribution in [2.45, 2.75) is 26.3 Å². The lowest BCUT2D eigenvalue weighted by Gasteiger charge is -2.36. The van der Waals surface area contributed by atoms with Crippen molar-refractivity contribution in [2.75, 3.05) is 44.2 Å². The Kier molecular flexibility index (Phi) is 6.14. The van der Waals surface area contributed by atoms with Crippen LogP contribution in [0.1, 0.15) is 35.7 Å². The molecule has 0 radical (unpaired) electrons. The fourth-order valence-corrected chi connectivity index (χ4v) is 4.48. The van der Waals surface area contributed by atoms with Gasteiger partial charge in [-0.2, -0.15) is 0 Å². The van der Waals surface area contributed by atoms with Gasteiger partial charge in [0.1, 0.15) is 5.82 Å². The van der Waals surface area contributed by atoms with Crippen molar-refractivity contribution in [1.29, 1.82) is 0 Å². The summed E-state index contributed by atoms with van der Waals surface area (Å²) in [6.45, 7) is 8.13. The number of halogens is 1. The van der Waals surface area contributed by atoms with Crippen LogP contribution in [0.25, 0.3) is 0 Å². The van der Waals surface area contributed by atoms with Gasteiger partial charge in [0.05, 0.1) is 5.69 Å². The molecule has 5 heteroatoms. The molecule has 2 aromatic rings. The van der Waals surface area contributed by atoms with Crippen LogP contribution in [0.5, 0.6) is 0 Å².